The molecule has 43 heavy (non-hydrogen) atoms. The molecule has 0 bridgehead atoms. The maximum absolute atomic E-state index is 11.2. The Hall–Kier alpha value is -4.09. The Balaban J connectivity index is 1.30. The monoisotopic (exact) mass is 585 g/mol. The summed E-state index contributed by atoms with van der Waals surface area (Å²) in [6, 6.07) is 15.2. The quantitative estimate of drug-likeness (QED) is 0.169. The SMILES string of the molecule is Cc1c(Nc2nccc3cc(CN[C@@H](CO)C(=O)O)cnc23)cccc1-c1cccc(OCCCN2CCOCC2)c1C. The fourth-order valence-electron chi connectivity index (χ4n) is 5.31. The van der Waals surface area contributed by atoms with Crippen molar-refractivity contribution in [2.24, 2.45) is 0 Å². The number of hydrogen-bond donors (Lipinski definition) is 4. The topological polar surface area (TPSA) is 129 Å². The highest BCUT2D eigenvalue weighted by molar-refractivity contribution is 5.91. The van der Waals surface area contributed by atoms with Crippen molar-refractivity contribution >= 4 is 28.4 Å². The minimum absolute atomic E-state index is 0.267. The third-order valence-electron chi connectivity index (χ3n) is 7.83. The summed E-state index contributed by atoms with van der Waals surface area (Å²) in [5.41, 5.74) is 6.85. The van der Waals surface area contributed by atoms with Gasteiger partial charge in [-0.15, -0.1) is 0 Å². The summed E-state index contributed by atoms with van der Waals surface area (Å²) in [5.74, 6) is 0.430. The van der Waals surface area contributed by atoms with Gasteiger partial charge in [-0.05, 0) is 72.4 Å². The lowest BCUT2D eigenvalue weighted by atomic mass is 9.95. The minimum atomic E-state index is -1.10. The van der Waals surface area contributed by atoms with Crippen LogP contribution in [0.15, 0.2) is 60.9 Å². The van der Waals surface area contributed by atoms with Gasteiger partial charge in [0, 0.05) is 49.6 Å². The molecule has 0 radical (unpaired) electrons. The van der Waals surface area contributed by atoms with Crippen LogP contribution < -0.4 is 15.4 Å². The van der Waals surface area contributed by atoms with E-state index in [1.54, 1.807) is 12.4 Å². The summed E-state index contributed by atoms with van der Waals surface area (Å²) in [6.07, 6.45) is 4.38. The van der Waals surface area contributed by atoms with Crippen molar-refractivity contribution in [2.75, 3.05) is 51.4 Å². The molecule has 5 rings (SSSR count). The molecule has 0 aliphatic carbocycles. The fraction of sp³-hybridized carbons (Fsp3) is 0.364. The van der Waals surface area contributed by atoms with Crippen LogP contribution in [-0.2, 0) is 16.1 Å². The zero-order valence-electron chi connectivity index (χ0n) is 24.7. The van der Waals surface area contributed by atoms with Crippen LogP contribution in [0.4, 0.5) is 11.5 Å². The molecule has 2 aromatic heterocycles. The van der Waals surface area contributed by atoms with Crippen LogP contribution >= 0.6 is 0 Å². The molecule has 2 aromatic carbocycles. The average molecular weight is 586 g/mol. The van der Waals surface area contributed by atoms with Gasteiger partial charge in [-0.25, -0.2) is 4.98 Å². The van der Waals surface area contributed by atoms with E-state index in [1.807, 2.05) is 36.4 Å². The highest BCUT2D eigenvalue weighted by atomic mass is 16.5. The Morgan fingerprint density at radius 3 is 2.60 bits per heavy atom. The lowest BCUT2D eigenvalue weighted by Gasteiger charge is -2.26. The number of rotatable bonds is 13. The third kappa shape index (κ3) is 7.47. The summed E-state index contributed by atoms with van der Waals surface area (Å²) in [7, 11) is 0. The number of anilines is 2. The molecule has 10 heteroatoms. The summed E-state index contributed by atoms with van der Waals surface area (Å²) >= 11 is 0. The molecule has 1 atom stereocenters. The largest absolute Gasteiger partial charge is 0.493 e. The number of carbonyl (C=O) groups is 1. The first-order valence-corrected chi connectivity index (χ1v) is 14.6. The lowest BCUT2D eigenvalue weighted by molar-refractivity contribution is -0.140. The molecule has 3 heterocycles. The van der Waals surface area contributed by atoms with Gasteiger partial charge in [0.2, 0.25) is 0 Å². The number of aromatic nitrogens is 2. The fourth-order valence-corrected chi connectivity index (χ4v) is 5.31. The molecule has 1 saturated heterocycles. The van der Waals surface area contributed by atoms with Crippen LogP contribution in [0.1, 0.15) is 23.1 Å². The number of hydrogen-bond acceptors (Lipinski definition) is 9. The van der Waals surface area contributed by atoms with Crippen LogP contribution in [-0.4, -0.2) is 83.2 Å². The minimum Gasteiger partial charge on any atom is -0.493 e. The number of aliphatic hydroxyl groups is 1. The highest BCUT2D eigenvalue weighted by Gasteiger charge is 2.16. The molecule has 226 valence electrons. The van der Waals surface area contributed by atoms with Crippen LogP contribution in [0, 0.1) is 13.8 Å². The Labute approximate surface area is 251 Å². The molecule has 4 aromatic rings. The second kappa shape index (κ2) is 14.4. The number of fused-ring (bicyclic) bond motifs is 1. The second-order valence-corrected chi connectivity index (χ2v) is 10.7. The van der Waals surface area contributed by atoms with Crippen molar-refractivity contribution in [3.8, 4) is 16.9 Å². The molecule has 0 amide bonds. The van der Waals surface area contributed by atoms with Crippen molar-refractivity contribution in [3.05, 3.63) is 77.6 Å². The zero-order valence-corrected chi connectivity index (χ0v) is 24.7. The first-order chi connectivity index (χ1) is 20.9. The number of carboxylic acid groups (broad SMARTS) is 1. The van der Waals surface area contributed by atoms with Gasteiger partial charge in [0.1, 0.15) is 17.3 Å². The number of ether oxygens (including phenoxy) is 2. The normalized spacial score (nSPS) is 14.5. The number of carboxylic acids is 1. The molecule has 4 N–H and O–H groups in total. The van der Waals surface area contributed by atoms with E-state index >= 15 is 0 Å². The molecule has 0 unspecified atom stereocenters. The van der Waals surface area contributed by atoms with E-state index in [0.717, 1.165) is 83.9 Å². The van der Waals surface area contributed by atoms with E-state index < -0.39 is 18.6 Å². The number of pyridine rings is 2. The second-order valence-electron chi connectivity index (χ2n) is 10.7. The molecule has 0 spiro atoms. The van der Waals surface area contributed by atoms with E-state index in [0.29, 0.717) is 17.9 Å². The zero-order chi connectivity index (χ0) is 30.2. The van der Waals surface area contributed by atoms with Gasteiger partial charge in [-0.2, -0.15) is 0 Å². The summed E-state index contributed by atoms with van der Waals surface area (Å²) in [5, 5.41) is 25.6. The van der Waals surface area contributed by atoms with Crippen LogP contribution in [0.5, 0.6) is 5.75 Å². The van der Waals surface area contributed by atoms with E-state index in [2.05, 4.69) is 51.5 Å². The van der Waals surface area contributed by atoms with Crippen LogP contribution in [0.3, 0.4) is 0 Å². The Bertz CT molecular complexity index is 1560. The number of nitrogens with zero attached hydrogens (tertiary/aromatic N) is 3. The van der Waals surface area contributed by atoms with Crippen molar-refractivity contribution in [3.63, 3.8) is 0 Å². The van der Waals surface area contributed by atoms with E-state index in [-0.39, 0.29) is 6.54 Å². The van der Waals surface area contributed by atoms with E-state index in [9.17, 15) is 9.90 Å². The van der Waals surface area contributed by atoms with Gasteiger partial charge in [0.15, 0.2) is 5.82 Å². The molecule has 1 aliphatic rings. The maximum atomic E-state index is 11.2. The third-order valence-corrected chi connectivity index (χ3v) is 7.83. The van der Waals surface area contributed by atoms with Gasteiger partial charge in [0.25, 0.3) is 0 Å². The van der Waals surface area contributed by atoms with Crippen molar-refractivity contribution in [2.45, 2.75) is 32.9 Å². The van der Waals surface area contributed by atoms with Crippen LogP contribution in [0.2, 0.25) is 0 Å². The predicted molar refractivity (Wildman–Crippen MR) is 167 cm³/mol. The van der Waals surface area contributed by atoms with Gasteiger partial charge in [-0.1, -0.05) is 24.3 Å². The summed E-state index contributed by atoms with van der Waals surface area (Å²) in [6.45, 7) is 9.25. The number of aliphatic carboxylic acids is 1. The van der Waals surface area contributed by atoms with Gasteiger partial charge >= 0.3 is 5.97 Å². The Morgan fingerprint density at radius 2 is 1.84 bits per heavy atom. The molecular formula is C33H39N5O5. The molecular weight excluding hydrogens is 546 g/mol. The van der Waals surface area contributed by atoms with Crippen molar-refractivity contribution in [1.82, 2.24) is 20.2 Å². The smallest absolute Gasteiger partial charge is 0.323 e. The molecule has 0 saturated carbocycles. The van der Waals surface area contributed by atoms with Gasteiger partial charge < -0.3 is 25.0 Å². The van der Waals surface area contributed by atoms with Gasteiger partial charge in [0.05, 0.1) is 26.4 Å². The standard InChI is InChI=1S/C33H39N5O5/c1-22-26(27-7-4-9-30(23(27)2)43-15-5-12-38-13-16-42-17-14-38)6-3-8-28(22)37-32-31-25(10-11-34-32)18-24(20-36-31)19-35-29(21-39)33(40)41/h3-4,6-11,18,20,29,35,39H,5,12-17,19,21H2,1-2H3,(H,34,37)(H,40,41)/t29-/m0/s1. The summed E-state index contributed by atoms with van der Waals surface area (Å²) in [4.78, 5) is 22.8. The number of aliphatic hydroxyl groups excluding tert-OH is 1. The Kier molecular flexibility index (Phi) is 10.2. The molecule has 1 aliphatic heterocycles. The lowest BCUT2D eigenvalue weighted by Crippen LogP contribution is -2.39. The maximum Gasteiger partial charge on any atom is 0.323 e. The van der Waals surface area contributed by atoms with Crippen LogP contribution in [0.25, 0.3) is 22.0 Å². The number of nitrogens with one attached hydrogen (secondary N) is 2. The first kappa shape index (κ1) is 30.4. The van der Waals surface area contributed by atoms with E-state index in [1.165, 1.54) is 0 Å². The predicted octanol–water partition coefficient (Wildman–Crippen LogP) is 4.29. The first-order valence-electron chi connectivity index (χ1n) is 14.6. The number of morpholine rings is 1. The van der Waals surface area contributed by atoms with Crippen molar-refractivity contribution < 1.29 is 24.5 Å². The molecule has 1 fully saturated rings. The molecule has 10 nitrogen and oxygen atoms in total. The Morgan fingerprint density at radius 1 is 1.07 bits per heavy atom. The van der Waals surface area contributed by atoms with E-state index in [4.69, 9.17) is 14.6 Å². The van der Waals surface area contributed by atoms with Gasteiger partial charge in [-0.3, -0.25) is 20.0 Å². The average Bonchev–Trinajstić information content (AvgIpc) is 3.02. The highest BCUT2D eigenvalue weighted by Crippen LogP contribution is 2.36. The number of benzene rings is 2. The summed E-state index contributed by atoms with van der Waals surface area (Å²) < 4.78 is 11.7. The van der Waals surface area contributed by atoms with Crippen molar-refractivity contribution in [1.29, 1.82) is 0 Å².